The molecule has 2 bridgehead atoms. The molecule has 0 aromatic heterocycles. The Morgan fingerprint density at radius 3 is 2.02 bits per heavy atom. The van der Waals surface area contributed by atoms with Crippen LogP contribution in [0.3, 0.4) is 0 Å². The number of amides is 2. The molecule has 1 aliphatic heterocycles. The number of fused-ring (bicyclic) bond motifs is 5. The predicted molar refractivity (Wildman–Crippen MR) is 228 cm³/mol. The van der Waals surface area contributed by atoms with Crippen LogP contribution in [0.15, 0.2) is 102 Å². The largest absolute Gasteiger partial charge is 0.480 e. The van der Waals surface area contributed by atoms with Crippen molar-refractivity contribution in [3.8, 4) is 0 Å². The van der Waals surface area contributed by atoms with Gasteiger partial charge in [0.15, 0.2) is 23.6 Å². The zero-order chi connectivity index (χ0) is 47.9. The second-order valence-corrected chi connectivity index (χ2v) is 17.9. The highest BCUT2D eigenvalue weighted by Gasteiger charge is 2.78. The number of carboxylic acids is 1. The molecule has 66 heavy (non-hydrogen) atoms. The first-order valence-electron chi connectivity index (χ1n) is 21.4. The average molecular weight is 913 g/mol. The number of nitrogens with one attached hydrogen (secondary N) is 2. The number of aliphatic carboxylic acids is 1. The van der Waals surface area contributed by atoms with Gasteiger partial charge in [0.05, 0.1) is 35.6 Å². The molecule has 3 aliphatic carbocycles. The number of carboxylic acid groups (broad SMARTS) is 1. The Morgan fingerprint density at radius 2 is 1.45 bits per heavy atom. The Balaban J connectivity index is 1.40. The SMILES string of the molecule is CC(=O)O[C@@]12CO[C@@H]1C[C@H](O)[C@@]1(C)C(=O)[C@H](OC(=O)NCC(=O)O)C3=C(C)[C@@H](OC(=O)[C@H](O)[C@@H](NC(=O)c4ccccc4)c4ccccc4)C[C@@](O)([C@@H](OC(=O)c4ccccc4)[C@H]21)C3(C)C. The maximum atomic E-state index is 15.7. The number of benzene rings is 3. The van der Waals surface area contributed by atoms with E-state index in [9.17, 15) is 49.2 Å². The van der Waals surface area contributed by atoms with Crippen molar-refractivity contribution in [1.82, 2.24) is 10.6 Å². The maximum Gasteiger partial charge on any atom is 0.408 e. The number of Topliss-reactive ketones (excluding diaryl/α,β-unsaturated/α-hetero) is 1. The van der Waals surface area contributed by atoms with Crippen molar-refractivity contribution in [3.63, 3.8) is 0 Å². The predicted octanol–water partition coefficient (Wildman–Crippen LogP) is 2.98. The molecule has 3 aromatic rings. The van der Waals surface area contributed by atoms with Gasteiger partial charge in [-0.1, -0.05) is 80.6 Å². The third kappa shape index (κ3) is 8.22. The van der Waals surface area contributed by atoms with Crippen molar-refractivity contribution < 1.29 is 77.7 Å². The molecule has 1 heterocycles. The van der Waals surface area contributed by atoms with E-state index in [2.05, 4.69) is 10.6 Å². The van der Waals surface area contributed by atoms with Crippen LogP contribution < -0.4 is 10.6 Å². The van der Waals surface area contributed by atoms with E-state index < -0.39 is 125 Å². The van der Waals surface area contributed by atoms with Gasteiger partial charge in [-0.3, -0.25) is 19.2 Å². The Labute approximate surface area is 379 Å². The van der Waals surface area contributed by atoms with Gasteiger partial charge in [-0.25, -0.2) is 14.4 Å². The summed E-state index contributed by atoms with van der Waals surface area (Å²) < 4.78 is 30.2. The minimum absolute atomic E-state index is 0.0166. The van der Waals surface area contributed by atoms with Crippen LogP contribution in [0.2, 0.25) is 0 Å². The van der Waals surface area contributed by atoms with E-state index >= 15 is 4.79 Å². The van der Waals surface area contributed by atoms with Gasteiger partial charge < -0.3 is 54.7 Å². The lowest BCUT2D eigenvalue weighted by molar-refractivity contribution is -0.345. The third-order valence-corrected chi connectivity index (χ3v) is 13.8. The van der Waals surface area contributed by atoms with Crippen LogP contribution in [0.1, 0.15) is 79.8 Å². The molecule has 0 radical (unpaired) electrons. The number of ketones is 1. The summed E-state index contributed by atoms with van der Waals surface area (Å²) in [6, 6.07) is 22.4. The van der Waals surface area contributed by atoms with Gasteiger partial charge in [-0.05, 0) is 54.8 Å². The first kappa shape index (κ1) is 47.5. The lowest BCUT2D eigenvalue weighted by atomic mass is 9.44. The van der Waals surface area contributed by atoms with E-state index in [0.717, 1.165) is 6.92 Å². The van der Waals surface area contributed by atoms with E-state index in [0.29, 0.717) is 5.56 Å². The number of alkyl carbamates (subject to hydrolysis) is 1. The van der Waals surface area contributed by atoms with E-state index in [1.807, 2.05) is 0 Å². The topological polar surface area (TPSA) is 271 Å². The Morgan fingerprint density at radius 1 is 0.864 bits per heavy atom. The molecule has 2 saturated carbocycles. The fourth-order valence-corrected chi connectivity index (χ4v) is 10.3. The van der Waals surface area contributed by atoms with E-state index in [1.54, 1.807) is 66.7 Å². The van der Waals surface area contributed by atoms with Crippen LogP contribution in [-0.4, -0.2) is 123 Å². The van der Waals surface area contributed by atoms with Crippen molar-refractivity contribution in [3.05, 3.63) is 119 Å². The second-order valence-electron chi connectivity index (χ2n) is 17.9. The Kier molecular flexibility index (Phi) is 13.0. The number of hydrogen-bond donors (Lipinski definition) is 6. The summed E-state index contributed by atoms with van der Waals surface area (Å²) in [6.45, 7) is 5.48. The van der Waals surface area contributed by atoms with Crippen molar-refractivity contribution in [2.75, 3.05) is 13.2 Å². The zero-order valence-electron chi connectivity index (χ0n) is 36.8. The number of carbonyl (C=O) groups is 7. The summed E-state index contributed by atoms with van der Waals surface area (Å²) in [4.78, 5) is 96.0. The van der Waals surface area contributed by atoms with Crippen LogP contribution in [0.4, 0.5) is 4.79 Å². The van der Waals surface area contributed by atoms with Crippen LogP contribution in [0.25, 0.3) is 0 Å². The van der Waals surface area contributed by atoms with Crippen molar-refractivity contribution in [1.29, 1.82) is 0 Å². The standard InChI is InChI=1S/C48H52N2O16/c1-25-30(63-43(59)36(55)35(27-15-9-6-10-16-27)50-41(57)28-17-11-7-12-18-28)22-48(61)40(65-42(58)29-19-13-8-14-20-29)38-46(5,31(52)21-32-47(38,24-62-32)66-26(2)51)39(56)37(34(25)45(48,3)4)64-44(60)49-23-33(53)54/h6-20,30-32,35-38,40,52,55,61H,21-24H2,1-5H3,(H,49,60)(H,50,57)(H,53,54)/t30-,31-,32+,35-,36+,37+,38-,40-,46+,47-,48+/m0/s1. The van der Waals surface area contributed by atoms with Gasteiger partial charge in [0, 0.05) is 30.7 Å². The summed E-state index contributed by atoms with van der Waals surface area (Å²) >= 11 is 0. The first-order valence-corrected chi connectivity index (χ1v) is 21.4. The van der Waals surface area contributed by atoms with Crippen molar-refractivity contribution in [2.45, 2.75) is 101 Å². The van der Waals surface area contributed by atoms with Crippen LogP contribution in [-0.2, 0) is 42.9 Å². The highest BCUT2D eigenvalue weighted by Crippen LogP contribution is 2.64. The van der Waals surface area contributed by atoms with Crippen LogP contribution in [0, 0.1) is 16.7 Å². The quantitative estimate of drug-likeness (QED) is 0.0866. The molecule has 0 spiro atoms. The summed E-state index contributed by atoms with van der Waals surface area (Å²) in [6.07, 6.45) is -12.8. The fraction of sp³-hybridized carbons (Fsp3) is 0.438. The molecule has 4 aliphatic rings. The number of esters is 3. The number of aliphatic hydroxyl groups is 3. The highest BCUT2D eigenvalue weighted by molar-refractivity contribution is 5.96. The highest BCUT2D eigenvalue weighted by atomic mass is 16.6. The molecule has 18 nitrogen and oxygen atoms in total. The molecular weight excluding hydrogens is 861 g/mol. The summed E-state index contributed by atoms with van der Waals surface area (Å²) in [5.41, 5.74) is -7.98. The van der Waals surface area contributed by atoms with Gasteiger partial charge in [0.2, 0.25) is 0 Å². The number of ether oxygens (including phenoxy) is 5. The molecule has 350 valence electrons. The Bertz CT molecular complexity index is 2430. The molecule has 7 rings (SSSR count). The summed E-state index contributed by atoms with van der Waals surface area (Å²) in [5, 5.41) is 51.8. The van der Waals surface area contributed by atoms with E-state index in [4.69, 9.17) is 23.7 Å². The molecule has 1 saturated heterocycles. The number of rotatable bonds is 12. The molecule has 18 heteroatoms. The van der Waals surface area contributed by atoms with Gasteiger partial charge in [-0.2, -0.15) is 0 Å². The molecule has 3 fully saturated rings. The van der Waals surface area contributed by atoms with Gasteiger partial charge in [0.25, 0.3) is 5.91 Å². The van der Waals surface area contributed by atoms with Gasteiger partial charge in [0.1, 0.15) is 30.5 Å². The monoisotopic (exact) mass is 912 g/mol. The lowest BCUT2D eigenvalue weighted by Gasteiger charge is -2.67. The summed E-state index contributed by atoms with van der Waals surface area (Å²) in [5.74, 6) is -7.92. The van der Waals surface area contributed by atoms with E-state index in [1.165, 1.54) is 52.0 Å². The molecule has 2 amide bonds. The molecule has 11 atom stereocenters. The van der Waals surface area contributed by atoms with Crippen LogP contribution >= 0.6 is 0 Å². The molecule has 6 N–H and O–H groups in total. The van der Waals surface area contributed by atoms with E-state index in [-0.39, 0.29) is 35.3 Å². The summed E-state index contributed by atoms with van der Waals surface area (Å²) in [7, 11) is 0. The smallest absolute Gasteiger partial charge is 0.408 e. The molecular formula is C48H52N2O16. The maximum absolute atomic E-state index is 15.7. The third-order valence-electron chi connectivity index (χ3n) is 13.8. The minimum Gasteiger partial charge on any atom is -0.480 e. The van der Waals surface area contributed by atoms with Gasteiger partial charge in [-0.15, -0.1) is 0 Å². The lowest BCUT2D eigenvalue weighted by Crippen LogP contribution is -2.82. The average Bonchev–Trinajstić information content (AvgIpc) is 3.28. The fourth-order valence-electron chi connectivity index (χ4n) is 10.3. The number of hydrogen-bond acceptors (Lipinski definition) is 15. The minimum atomic E-state index is -2.52. The molecule has 0 unspecified atom stereocenters. The second kappa shape index (κ2) is 18.1. The van der Waals surface area contributed by atoms with Gasteiger partial charge >= 0.3 is 30.0 Å². The number of aliphatic hydroxyl groups excluding tert-OH is 2. The Hall–Kier alpha value is -6.47. The zero-order valence-corrected chi connectivity index (χ0v) is 36.8. The molecule has 3 aromatic carbocycles. The number of carbonyl (C=O) groups excluding carboxylic acids is 6. The van der Waals surface area contributed by atoms with Crippen LogP contribution in [0.5, 0.6) is 0 Å². The van der Waals surface area contributed by atoms with Crippen molar-refractivity contribution >= 4 is 41.7 Å². The van der Waals surface area contributed by atoms with Crippen molar-refractivity contribution in [2.24, 2.45) is 16.7 Å². The normalized spacial score (nSPS) is 30.5. The first-order chi connectivity index (χ1) is 31.2.